The Hall–Kier alpha value is -2.57. The summed E-state index contributed by atoms with van der Waals surface area (Å²) < 4.78 is 1.79. The van der Waals surface area contributed by atoms with Gasteiger partial charge in [-0.15, -0.1) is 5.10 Å². The van der Waals surface area contributed by atoms with Crippen molar-refractivity contribution in [2.75, 3.05) is 5.73 Å². The number of rotatable bonds is 4. The van der Waals surface area contributed by atoms with Crippen molar-refractivity contribution in [3.63, 3.8) is 0 Å². The van der Waals surface area contributed by atoms with Crippen LogP contribution in [0.15, 0.2) is 30.7 Å². The lowest BCUT2D eigenvalue weighted by Gasteiger charge is -1.99. The lowest BCUT2D eigenvalue weighted by atomic mass is 10.2. The molecule has 0 atom stereocenters. The van der Waals surface area contributed by atoms with Gasteiger partial charge in [0.05, 0.1) is 11.9 Å². The molecular formula is C11H12N5O2+. The van der Waals surface area contributed by atoms with Crippen LogP contribution in [0.3, 0.4) is 0 Å². The first kappa shape index (κ1) is 11.9. The zero-order chi connectivity index (χ0) is 13.0. The number of hydrogen-bond acceptors (Lipinski definition) is 5. The van der Waals surface area contributed by atoms with E-state index in [0.717, 1.165) is 5.56 Å². The molecular weight excluding hydrogens is 234 g/mol. The average Bonchev–Trinajstić information content (AvgIpc) is 2.37. The van der Waals surface area contributed by atoms with Crippen LogP contribution in [-0.2, 0) is 11.3 Å². The number of pyridine rings is 1. The third-order valence-corrected chi connectivity index (χ3v) is 2.35. The van der Waals surface area contributed by atoms with Gasteiger partial charge in [0.25, 0.3) is 0 Å². The van der Waals surface area contributed by atoms with Gasteiger partial charge >= 0.3 is 5.97 Å². The van der Waals surface area contributed by atoms with Crippen LogP contribution in [0.5, 0.6) is 0 Å². The maximum Gasteiger partial charge on any atom is 0.309 e. The van der Waals surface area contributed by atoms with E-state index in [4.69, 9.17) is 10.8 Å². The second-order valence-corrected chi connectivity index (χ2v) is 3.67. The molecule has 0 amide bonds. The highest BCUT2D eigenvalue weighted by Crippen LogP contribution is 2.13. The summed E-state index contributed by atoms with van der Waals surface area (Å²) in [5.41, 5.74) is 6.93. The van der Waals surface area contributed by atoms with E-state index in [2.05, 4.69) is 15.2 Å². The number of hydrogen-bond donors (Lipinski definition) is 2. The van der Waals surface area contributed by atoms with Gasteiger partial charge in [0.2, 0.25) is 5.95 Å². The van der Waals surface area contributed by atoms with E-state index in [1.54, 1.807) is 17.0 Å². The Morgan fingerprint density at radius 2 is 2.11 bits per heavy atom. The highest BCUT2D eigenvalue weighted by Gasteiger charge is 2.07. The molecule has 0 aromatic carbocycles. The van der Waals surface area contributed by atoms with Crippen molar-refractivity contribution in [3.8, 4) is 11.3 Å². The Balaban J connectivity index is 2.14. The number of nitrogens with zero attached hydrogens (tertiary/aromatic N) is 4. The largest absolute Gasteiger partial charge is 0.481 e. The van der Waals surface area contributed by atoms with Gasteiger partial charge in [-0.05, 0) is 0 Å². The summed E-state index contributed by atoms with van der Waals surface area (Å²) in [6.07, 6.45) is 5.19. The van der Waals surface area contributed by atoms with Gasteiger partial charge in [-0.2, -0.15) is 5.10 Å². The Morgan fingerprint density at radius 3 is 2.72 bits per heavy atom. The molecule has 2 aromatic rings. The van der Waals surface area contributed by atoms with Crippen LogP contribution >= 0.6 is 0 Å². The molecule has 0 aliphatic heterocycles. The maximum absolute atomic E-state index is 10.4. The predicted molar refractivity (Wildman–Crippen MR) is 62.1 cm³/mol. The molecule has 0 bridgehead atoms. The summed E-state index contributed by atoms with van der Waals surface area (Å²) in [6, 6.07) is 3.65. The maximum atomic E-state index is 10.4. The van der Waals surface area contributed by atoms with E-state index in [0.29, 0.717) is 12.2 Å². The fraction of sp³-hybridized carbons (Fsp3) is 0.182. The van der Waals surface area contributed by atoms with Gasteiger partial charge in [-0.25, -0.2) is 9.55 Å². The van der Waals surface area contributed by atoms with Crippen LogP contribution < -0.4 is 10.3 Å². The lowest BCUT2D eigenvalue weighted by Crippen LogP contribution is -2.33. The predicted octanol–water partition coefficient (Wildman–Crippen LogP) is -0.117. The summed E-state index contributed by atoms with van der Waals surface area (Å²) in [5.74, 6) is -0.700. The minimum absolute atomic E-state index is 0.0893. The first-order valence-electron chi connectivity index (χ1n) is 5.31. The van der Waals surface area contributed by atoms with Crippen LogP contribution in [-0.4, -0.2) is 26.3 Å². The molecule has 0 unspecified atom stereocenters. The molecule has 0 saturated heterocycles. The third kappa shape index (κ3) is 2.97. The number of aryl methyl sites for hydroxylation is 1. The number of nitrogens with two attached hydrogens (primary N) is 1. The molecule has 92 valence electrons. The number of carboxylic acid groups (broad SMARTS) is 1. The number of carboxylic acids is 1. The van der Waals surface area contributed by atoms with Crippen molar-refractivity contribution >= 4 is 11.9 Å². The topological polar surface area (TPSA) is 106 Å². The molecule has 18 heavy (non-hydrogen) atoms. The molecule has 7 heteroatoms. The summed E-state index contributed by atoms with van der Waals surface area (Å²) in [6.45, 7) is 0.430. The number of aliphatic carboxylic acids is 1. The van der Waals surface area contributed by atoms with Gasteiger partial charge in [0.1, 0.15) is 6.42 Å². The quantitative estimate of drug-likeness (QED) is 0.729. The molecule has 0 saturated carbocycles. The molecule has 2 aromatic heterocycles. The van der Waals surface area contributed by atoms with Crippen molar-refractivity contribution in [2.24, 2.45) is 0 Å². The molecule has 0 fully saturated rings. The number of anilines is 1. The molecule has 0 spiro atoms. The lowest BCUT2D eigenvalue weighted by molar-refractivity contribution is -0.695. The molecule has 2 heterocycles. The first-order chi connectivity index (χ1) is 8.65. The SMILES string of the molecule is Nc1nncc(-c2cc[n+](CCC(=O)O)cc2)n1. The van der Waals surface area contributed by atoms with Crippen molar-refractivity contribution in [1.82, 2.24) is 15.2 Å². The van der Waals surface area contributed by atoms with E-state index in [1.165, 1.54) is 6.20 Å². The van der Waals surface area contributed by atoms with Gasteiger partial charge in [-0.3, -0.25) is 4.79 Å². The number of nitrogen functional groups attached to an aromatic ring is 1. The smallest absolute Gasteiger partial charge is 0.309 e. The van der Waals surface area contributed by atoms with E-state index >= 15 is 0 Å². The molecule has 3 N–H and O–H groups in total. The highest BCUT2D eigenvalue weighted by molar-refractivity contribution is 5.66. The van der Waals surface area contributed by atoms with E-state index in [1.807, 2.05) is 12.1 Å². The molecule has 0 aliphatic carbocycles. The Labute approximate surface area is 103 Å². The van der Waals surface area contributed by atoms with Crippen LogP contribution in [0, 0.1) is 0 Å². The van der Waals surface area contributed by atoms with Gasteiger partial charge < -0.3 is 10.8 Å². The molecule has 2 rings (SSSR count). The zero-order valence-corrected chi connectivity index (χ0v) is 9.52. The third-order valence-electron chi connectivity index (χ3n) is 2.35. The van der Waals surface area contributed by atoms with E-state index in [9.17, 15) is 4.79 Å². The minimum atomic E-state index is -0.820. The second-order valence-electron chi connectivity index (χ2n) is 3.67. The van der Waals surface area contributed by atoms with Gasteiger partial charge in [-0.1, -0.05) is 0 Å². The monoisotopic (exact) mass is 246 g/mol. The molecule has 0 aliphatic rings. The van der Waals surface area contributed by atoms with Crippen molar-refractivity contribution in [2.45, 2.75) is 13.0 Å². The minimum Gasteiger partial charge on any atom is -0.481 e. The van der Waals surface area contributed by atoms with Gasteiger partial charge in [0.15, 0.2) is 18.9 Å². The van der Waals surface area contributed by atoms with Crippen LogP contribution in [0.25, 0.3) is 11.3 Å². The van der Waals surface area contributed by atoms with E-state index < -0.39 is 5.97 Å². The standard InChI is InChI=1S/C11H11N5O2/c12-11-14-9(7-13-15-11)8-1-4-16(5-2-8)6-3-10(17)18/h1-2,4-5,7H,3,6H2,(H2-,12,14,15,17,18)/p+1. The summed E-state index contributed by atoms with van der Waals surface area (Å²) in [7, 11) is 0. The Bertz CT molecular complexity index is 556. The fourth-order valence-electron chi connectivity index (χ4n) is 1.46. The average molecular weight is 246 g/mol. The van der Waals surface area contributed by atoms with E-state index in [-0.39, 0.29) is 12.4 Å². The molecule has 0 radical (unpaired) electrons. The zero-order valence-electron chi connectivity index (χ0n) is 9.52. The second kappa shape index (κ2) is 5.17. The van der Waals surface area contributed by atoms with Crippen LogP contribution in [0.2, 0.25) is 0 Å². The first-order valence-corrected chi connectivity index (χ1v) is 5.31. The fourth-order valence-corrected chi connectivity index (χ4v) is 1.46. The van der Waals surface area contributed by atoms with Crippen LogP contribution in [0.1, 0.15) is 6.42 Å². The number of aromatic nitrogens is 4. The Kier molecular flexibility index (Phi) is 3.42. The molecule has 7 nitrogen and oxygen atoms in total. The number of carbonyl (C=O) groups is 1. The summed E-state index contributed by atoms with van der Waals surface area (Å²) in [4.78, 5) is 14.5. The Morgan fingerprint density at radius 1 is 1.39 bits per heavy atom. The van der Waals surface area contributed by atoms with Crippen LogP contribution in [0.4, 0.5) is 5.95 Å². The highest BCUT2D eigenvalue weighted by atomic mass is 16.4. The van der Waals surface area contributed by atoms with Crippen molar-refractivity contribution in [3.05, 3.63) is 30.7 Å². The summed E-state index contributed by atoms with van der Waals surface area (Å²) in [5, 5.41) is 15.9. The van der Waals surface area contributed by atoms with Crippen molar-refractivity contribution < 1.29 is 14.5 Å². The summed E-state index contributed by atoms with van der Waals surface area (Å²) >= 11 is 0. The normalized spacial score (nSPS) is 10.2. The van der Waals surface area contributed by atoms with Gasteiger partial charge in [0, 0.05) is 17.7 Å². The van der Waals surface area contributed by atoms with Crippen molar-refractivity contribution in [1.29, 1.82) is 0 Å².